The van der Waals surface area contributed by atoms with Crippen LogP contribution in [0.5, 0.6) is 5.75 Å². The molecule has 4 amide bonds. The van der Waals surface area contributed by atoms with Crippen molar-refractivity contribution < 1.29 is 29.0 Å². The number of hydrogen-bond donors (Lipinski definition) is 3. The molecular formula is C34H35N5O6. The van der Waals surface area contributed by atoms with E-state index in [-0.39, 0.29) is 24.7 Å². The number of nitrogens with zero attached hydrogens (tertiary/aromatic N) is 3. The normalized spacial score (nSPS) is 11.2. The van der Waals surface area contributed by atoms with E-state index in [2.05, 4.69) is 15.6 Å². The van der Waals surface area contributed by atoms with Crippen LogP contribution in [0.2, 0.25) is 0 Å². The molecule has 0 aliphatic rings. The summed E-state index contributed by atoms with van der Waals surface area (Å²) in [5.74, 6) is -0.889. The first-order chi connectivity index (χ1) is 21.6. The second kappa shape index (κ2) is 14.6. The Morgan fingerprint density at radius 1 is 0.889 bits per heavy atom. The van der Waals surface area contributed by atoms with Crippen molar-refractivity contribution >= 4 is 41.0 Å². The number of amides is 4. The average Bonchev–Trinajstić information content (AvgIpc) is 3.04. The number of rotatable bonds is 11. The van der Waals surface area contributed by atoms with Crippen LogP contribution in [-0.4, -0.2) is 60.0 Å². The van der Waals surface area contributed by atoms with Crippen LogP contribution in [0.15, 0.2) is 91.1 Å². The van der Waals surface area contributed by atoms with Gasteiger partial charge in [0.05, 0.1) is 31.7 Å². The van der Waals surface area contributed by atoms with Gasteiger partial charge in [0, 0.05) is 31.5 Å². The van der Waals surface area contributed by atoms with Crippen LogP contribution in [0, 0.1) is 6.92 Å². The number of aliphatic carboxylic acids is 1. The topological polar surface area (TPSA) is 141 Å². The highest BCUT2D eigenvalue weighted by Gasteiger charge is 2.26. The molecule has 0 aliphatic heterocycles. The zero-order valence-electron chi connectivity index (χ0n) is 25.5. The molecule has 1 heterocycles. The fourth-order valence-corrected chi connectivity index (χ4v) is 4.72. The molecule has 232 valence electrons. The van der Waals surface area contributed by atoms with Gasteiger partial charge in [0.25, 0.3) is 5.91 Å². The van der Waals surface area contributed by atoms with Gasteiger partial charge in [0.15, 0.2) is 0 Å². The summed E-state index contributed by atoms with van der Waals surface area (Å²) in [7, 11) is 4.62. The number of aryl methyl sites for hydroxylation is 1. The van der Waals surface area contributed by atoms with E-state index in [0.29, 0.717) is 39.6 Å². The van der Waals surface area contributed by atoms with Crippen molar-refractivity contribution in [3.05, 3.63) is 113 Å². The number of likely N-dealkylation sites (N-methyl/N-ethyl adjacent to an activating group) is 1. The lowest BCUT2D eigenvalue weighted by atomic mass is 10.0. The number of benzene rings is 3. The summed E-state index contributed by atoms with van der Waals surface area (Å²) in [5, 5.41) is 15.1. The number of hydrogen-bond acceptors (Lipinski definition) is 6. The fraction of sp³-hybridized carbons (Fsp3) is 0.206. The maximum absolute atomic E-state index is 13.2. The molecule has 11 heteroatoms. The van der Waals surface area contributed by atoms with Gasteiger partial charge < -0.3 is 25.4 Å². The number of carboxylic acid groups (broad SMARTS) is 1. The van der Waals surface area contributed by atoms with E-state index >= 15 is 0 Å². The molecule has 0 fully saturated rings. The van der Waals surface area contributed by atoms with Crippen LogP contribution in [0.1, 0.15) is 39.5 Å². The zero-order valence-corrected chi connectivity index (χ0v) is 25.5. The number of anilines is 3. The summed E-state index contributed by atoms with van der Waals surface area (Å²) in [6, 6.07) is 23.2. The van der Waals surface area contributed by atoms with Crippen molar-refractivity contribution in [1.82, 2.24) is 9.88 Å². The number of ether oxygens (including phenoxy) is 1. The number of carbonyl (C=O) groups excluding carboxylic acids is 3. The highest BCUT2D eigenvalue weighted by atomic mass is 16.5. The lowest BCUT2D eigenvalue weighted by Crippen LogP contribution is -2.33. The quantitative estimate of drug-likeness (QED) is 0.203. The average molecular weight is 610 g/mol. The fourth-order valence-electron chi connectivity index (χ4n) is 4.72. The largest absolute Gasteiger partial charge is 0.495 e. The standard InChI is InChI=1S/C34H35N5O6/c1-22-10-8-9-13-26(22)36-34(44)37-27-16-14-23(18-29(27)45-4)19-31(40)39(3)30-17-15-25(21-35-30)28(20-32(41)42)38(2)33(43)24-11-6-5-7-12-24/h5-18,21,28H,19-20H2,1-4H3,(H,41,42)(H2,36,37,44). The molecule has 0 aliphatic carbocycles. The molecule has 3 aromatic carbocycles. The molecule has 0 spiro atoms. The first-order valence-corrected chi connectivity index (χ1v) is 14.1. The van der Waals surface area contributed by atoms with Gasteiger partial charge in [-0.15, -0.1) is 0 Å². The molecule has 1 aromatic heterocycles. The van der Waals surface area contributed by atoms with E-state index in [1.54, 1.807) is 80.8 Å². The number of methoxy groups -OCH3 is 1. The molecule has 0 radical (unpaired) electrons. The van der Waals surface area contributed by atoms with Gasteiger partial charge in [0.2, 0.25) is 5.91 Å². The summed E-state index contributed by atoms with van der Waals surface area (Å²) in [6.07, 6.45) is 1.19. The summed E-state index contributed by atoms with van der Waals surface area (Å²) in [4.78, 5) is 57.6. The van der Waals surface area contributed by atoms with Gasteiger partial charge in [-0.05, 0) is 60.0 Å². The van der Waals surface area contributed by atoms with Crippen molar-refractivity contribution in [2.45, 2.75) is 25.8 Å². The maximum Gasteiger partial charge on any atom is 0.323 e. The number of carboxylic acids is 1. The summed E-state index contributed by atoms with van der Waals surface area (Å²) in [6.45, 7) is 1.90. The first-order valence-electron chi connectivity index (χ1n) is 14.1. The molecule has 1 unspecified atom stereocenters. The molecule has 0 saturated heterocycles. The Balaban J connectivity index is 1.42. The van der Waals surface area contributed by atoms with E-state index in [1.165, 1.54) is 23.1 Å². The molecule has 4 rings (SSSR count). The van der Waals surface area contributed by atoms with E-state index in [1.807, 2.05) is 25.1 Å². The summed E-state index contributed by atoms with van der Waals surface area (Å²) < 4.78 is 5.47. The highest BCUT2D eigenvalue weighted by Crippen LogP contribution is 2.28. The van der Waals surface area contributed by atoms with Crippen molar-refractivity contribution in [3.8, 4) is 5.75 Å². The number of para-hydroxylation sites is 1. The first kappa shape index (κ1) is 32.2. The van der Waals surface area contributed by atoms with Crippen molar-refractivity contribution in [1.29, 1.82) is 0 Å². The van der Waals surface area contributed by atoms with Gasteiger partial charge in [-0.2, -0.15) is 0 Å². The molecule has 1 atom stereocenters. The van der Waals surface area contributed by atoms with Gasteiger partial charge in [-0.1, -0.05) is 48.5 Å². The molecule has 0 bridgehead atoms. The Morgan fingerprint density at radius 2 is 1.58 bits per heavy atom. The molecule has 3 N–H and O–H groups in total. The minimum Gasteiger partial charge on any atom is -0.495 e. The summed E-state index contributed by atoms with van der Waals surface area (Å²) >= 11 is 0. The molecular weight excluding hydrogens is 574 g/mol. The monoisotopic (exact) mass is 609 g/mol. The summed E-state index contributed by atoms with van der Waals surface area (Å²) in [5.41, 5.74) is 3.67. The van der Waals surface area contributed by atoms with Gasteiger partial charge in [-0.3, -0.25) is 19.3 Å². The molecule has 4 aromatic rings. The number of pyridine rings is 1. The van der Waals surface area contributed by atoms with Crippen LogP contribution >= 0.6 is 0 Å². The van der Waals surface area contributed by atoms with Gasteiger partial charge >= 0.3 is 12.0 Å². The molecule has 0 saturated carbocycles. The Morgan fingerprint density at radius 3 is 2.22 bits per heavy atom. The third-order valence-electron chi connectivity index (χ3n) is 7.31. The highest BCUT2D eigenvalue weighted by molar-refractivity contribution is 6.01. The number of nitrogens with one attached hydrogen (secondary N) is 2. The Kier molecular flexibility index (Phi) is 10.5. The molecule has 45 heavy (non-hydrogen) atoms. The predicted octanol–water partition coefficient (Wildman–Crippen LogP) is 5.54. The maximum atomic E-state index is 13.2. The lowest BCUT2D eigenvalue weighted by Gasteiger charge is -2.28. The minimum atomic E-state index is -1.06. The third kappa shape index (κ3) is 8.23. The van der Waals surface area contributed by atoms with Crippen LogP contribution in [-0.2, 0) is 16.0 Å². The Bertz CT molecular complexity index is 1680. The predicted molar refractivity (Wildman–Crippen MR) is 172 cm³/mol. The number of carbonyl (C=O) groups is 4. The smallest absolute Gasteiger partial charge is 0.323 e. The minimum absolute atomic E-state index is 0.0297. The van der Waals surface area contributed by atoms with E-state index in [4.69, 9.17) is 4.74 Å². The lowest BCUT2D eigenvalue weighted by molar-refractivity contribution is -0.138. The Hall–Kier alpha value is -5.71. The van der Waals surface area contributed by atoms with Crippen LogP contribution in [0.3, 0.4) is 0 Å². The zero-order chi connectivity index (χ0) is 32.5. The number of aromatic nitrogens is 1. The van der Waals surface area contributed by atoms with Gasteiger partial charge in [-0.25, -0.2) is 9.78 Å². The van der Waals surface area contributed by atoms with Crippen molar-refractivity contribution in [3.63, 3.8) is 0 Å². The second-order valence-electron chi connectivity index (χ2n) is 10.4. The van der Waals surface area contributed by atoms with Crippen molar-refractivity contribution in [2.75, 3.05) is 36.7 Å². The molecule has 11 nitrogen and oxygen atoms in total. The van der Waals surface area contributed by atoms with Crippen molar-refractivity contribution in [2.24, 2.45) is 0 Å². The third-order valence-corrected chi connectivity index (χ3v) is 7.31. The Labute approximate surface area is 261 Å². The SMILES string of the molecule is COc1cc(CC(=O)N(C)c2ccc(C(CC(=O)O)N(C)C(=O)c3ccccc3)cn2)ccc1NC(=O)Nc1ccccc1C. The van der Waals surface area contributed by atoms with Crippen LogP contribution in [0.4, 0.5) is 22.0 Å². The van der Waals surface area contributed by atoms with Crippen LogP contribution in [0.25, 0.3) is 0 Å². The van der Waals surface area contributed by atoms with Crippen LogP contribution < -0.4 is 20.3 Å². The van der Waals surface area contributed by atoms with E-state index < -0.39 is 18.0 Å². The number of urea groups is 1. The van der Waals surface area contributed by atoms with E-state index in [9.17, 15) is 24.3 Å². The van der Waals surface area contributed by atoms with Gasteiger partial charge in [0.1, 0.15) is 11.6 Å². The van der Waals surface area contributed by atoms with E-state index in [0.717, 1.165) is 5.56 Å². The second-order valence-corrected chi connectivity index (χ2v) is 10.4.